The largest absolute Gasteiger partial charge is 0.484 e. The molecule has 1 aliphatic heterocycles. The maximum Gasteiger partial charge on any atom is 0.143 e. The van der Waals surface area contributed by atoms with Crippen LogP contribution < -0.4 is 4.74 Å². The smallest absolute Gasteiger partial charge is 0.143 e. The van der Waals surface area contributed by atoms with Crippen molar-refractivity contribution in [2.24, 2.45) is 0 Å². The molecule has 0 bridgehead atoms. The van der Waals surface area contributed by atoms with E-state index in [4.69, 9.17) is 4.74 Å². The summed E-state index contributed by atoms with van der Waals surface area (Å²) in [4.78, 5) is 4.14. The van der Waals surface area contributed by atoms with E-state index in [0.29, 0.717) is 17.7 Å². The van der Waals surface area contributed by atoms with E-state index in [9.17, 15) is 9.50 Å². The van der Waals surface area contributed by atoms with Crippen LogP contribution in [-0.4, -0.2) is 14.7 Å². The number of aromatic nitrogens is 2. The SMILES string of the molecule is CCCn1cncc1C1CC(O)c2ccc(F)cc2O1. The topological polar surface area (TPSA) is 47.3 Å². The molecule has 0 saturated carbocycles. The van der Waals surface area contributed by atoms with Gasteiger partial charge in [0.05, 0.1) is 24.3 Å². The molecule has 5 heteroatoms. The van der Waals surface area contributed by atoms with Crippen LogP contribution in [0, 0.1) is 5.82 Å². The molecule has 2 unspecified atom stereocenters. The summed E-state index contributed by atoms with van der Waals surface area (Å²) in [7, 11) is 0. The second-order valence-electron chi connectivity index (χ2n) is 5.05. The molecule has 2 aromatic rings. The molecule has 106 valence electrons. The lowest BCUT2D eigenvalue weighted by Gasteiger charge is -2.30. The Morgan fingerprint density at radius 1 is 1.50 bits per heavy atom. The maximum absolute atomic E-state index is 13.3. The fraction of sp³-hybridized carbons (Fsp3) is 0.400. The number of hydrogen-bond acceptors (Lipinski definition) is 3. The van der Waals surface area contributed by atoms with E-state index in [1.54, 1.807) is 18.6 Å². The molecule has 1 aromatic carbocycles. The number of aliphatic hydroxyl groups excluding tert-OH is 1. The minimum absolute atomic E-state index is 0.298. The van der Waals surface area contributed by atoms with Crippen LogP contribution in [0.15, 0.2) is 30.7 Å². The Morgan fingerprint density at radius 2 is 2.35 bits per heavy atom. The van der Waals surface area contributed by atoms with Gasteiger partial charge < -0.3 is 14.4 Å². The minimum Gasteiger partial charge on any atom is -0.484 e. The van der Waals surface area contributed by atoms with E-state index in [2.05, 4.69) is 11.9 Å². The summed E-state index contributed by atoms with van der Waals surface area (Å²) in [5.41, 5.74) is 1.56. The molecule has 0 aliphatic carbocycles. The zero-order valence-corrected chi connectivity index (χ0v) is 11.3. The van der Waals surface area contributed by atoms with Gasteiger partial charge in [0.25, 0.3) is 0 Å². The van der Waals surface area contributed by atoms with E-state index < -0.39 is 6.10 Å². The highest BCUT2D eigenvalue weighted by atomic mass is 19.1. The molecule has 0 amide bonds. The van der Waals surface area contributed by atoms with E-state index in [1.807, 2.05) is 4.57 Å². The fourth-order valence-electron chi connectivity index (χ4n) is 2.62. The lowest BCUT2D eigenvalue weighted by molar-refractivity contribution is 0.0614. The van der Waals surface area contributed by atoms with Gasteiger partial charge in [0.2, 0.25) is 0 Å². The van der Waals surface area contributed by atoms with Crippen LogP contribution >= 0.6 is 0 Å². The third kappa shape index (κ3) is 2.29. The van der Waals surface area contributed by atoms with Crippen molar-refractivity contribution < 1.29 is 14.2 Å². The van der Waals surface area contributed by atoms with Crippen LogP contribution in [0.1, 0.15) is 43.2 Å². The first-order valence-corrected chi connectivity index (χ1v) is 6.83. The summed E-state index contributed by atoms with van der Waals surface area (Å²) >= 11 is 0. The Bertz CT molecular complexity index is 612. The predicted molar refractivity (Wildman–Crippen MR) is 71.9 cm³/mol. The molecule has 20 heavy (non-hydrogen) atoms. The average molecular weight is 276 g/mol. The van der Waals surface area contributed by atoms with Crippen LogP contribution in [0.3, 0.4) is 0 Å². The average Bonchev–Trinajstić information content (AvgIpc) is 2.86. The summed E-state index contributed by atoms with van der Waals surface area (Å²) in [5.74, 6) is 0.0525. The summed E-state index contributed by atoms with van der Waals surface area (Å²) in [6, 6.07) is 4.24. The van der Waals surface area contributed by atoms with Gasteiger partial charge in [0.15, 0.2) is 0 Å². The number of hydrogen-bond donors (Lipinski definition) is 1. The molecule has 0 fully saturated rings. The fourth-order valence-corrected chi connectivity index (χ4v) is 2.62. The van der Waals surface area contributed by atoms with Crippen LogP contribution in [0.2, 0.25) is 0 Å². The molecular weight excluding hydrogens is 259 g/mol. The van der Waals surface area contributed by atoms with Crippen LogP contribution in [0.25, 0.3) is 0 Å². The number of imidazole rings is 1. The third-order valence-electron chi connectivity index (χ3n) is 3.58. The number of fused-ring (bicyclic) bond motifs is 1. The summed E-state index contributed by atoms with van der Waals surface area (Å²) in [5, 5.41) is 10.2. The van der Waals surface area contributed by atoms with Crippen molar-refractivity contribution in [2.45, 2.75) is 38.5 Å². The summed E-state index contributed by atoms with van der Waals surface area (Å²) < 4.78 is 21.2. The van der Waals surface area contributed by atoms with Gasteiger partial charge in [-0.2, -0.15) is 0 Å². The zero-order chi connectivity index (χ0) is 14.1. The molecule has 1 aliphatic rings. The van der Waals surface area contributed by atoms with Crippen LogP contribution in [0.5, 0.6) is 5.75 Å². The predicted octanol–water partition coefficient (Wildman–Crippen LogP) is 2.99. The molecule has 3 rings (SSSR count). The molecule has 0 saturated heterocycles. The quantitative estimate of drug-likeness (QED) is 0.937. The number of nitrogens with zero attached hydrogens (tertiary/aromatic N) is 2. The monoisotopic (exact) mass is 276 g/mol. The zero-order valence-electron chi connectivity index (χ0n) is 11.3. The highest BCUT2D eigenvalue weighted by Gasteiger charge is 2.30. The third-order valence-corrected chi connectivity index (χ3v) is 3.58. The van der Waals surface area contributed by atoms with Gasteiger partial charge in [-0.3, -0.25) is 0 Å². The first-order valence-electron chi connectivity index (χ1n) is 6.83. The number of benzene rings is 1. The first kappa shape index (κ1) is 13.1. The van der Waals surface area contributed by atoms with Gasteiger partial charge in [-0.05, 0) is 18.6 Å². The summed E-state index contributed by atoms with van der Waals surface area (Å²) in [6.45, 7) is 2.94. The van der Waals surface area contributed by atoms with Crippen molar-refractivity contribution in [3.05, 3.63) is 47.8 Å². The maximum atomic E-state index is 13.3. The number of aliphatic hydroxyl groups is 1. The Morgan fingerprint density at radius 3 is 3.15 bits per heavy atom. The second kappa shape index (κ2) is 5.25. The lowest BCUT2D eigenvalue weighted by Crippen LogP contribution is -2.21. The highest BCUT2D eigenvalue weighted by molar-refractivity contribution is 5.38. The Labute approximate surface area is 116 Å². The van der Waals surface area contributed by atoms with Gasteiger partial charge in [0.1, 0.15) is 17.7 Å². The Balaban J connectivity index is 1.92. The molecule has 0 spiro atoms. The molecular formula is C15H17FN2O2. The molecule has 0 radical (unpaired) electrons. The number of halogens is 1. The van der Waals surface area contributed by atoms with Crippen molar-refractivity contribution in [1.29, 1.82) is 0 Å². The van der Waals surface area contributed by atoms with E-state index in [1.165, 1.54) is 12.1 Å². The van der Waals surface area contributed by atoms with Gasteiger partial charge in [-0.25, -0.2) is 9.37 Å². The lowest BCUT2D eigenvalue weighted by atomic mass is 9.97. The van der Waals surface area contributed by atoms with E-state index >= 15 is 0 Å². The van der Waals surface area contributed by atoms with Crippen molar-refractivity contribution in [1.82, 2.24) is 9.55 Å². The molecule has 4 nitrogen and oxygen atoms in total. The molecule has 1 aromatic heterocycles. The minimum atomic E-state index is -0.644. The second-order valence-corrected chi connectivity index (χ2v) is 5.05. The van der Waals surface area contributed by atoms with E-state index in [0.717, 1.165) is 18.7 Å². The number of rotatable bonds is 3. The van der Waals surface area contributed by atoms with Gasteiger partial charge in [-0.1, -0.05) is 6.92 Å². The van der Waals surface area contributed by atoms with Gasteiger partial charge in [-0.15, -0.1) is 0 Å². The molecule has 2 heterocycles. The normalized spacial score (nSPS) is 21.4. The number of aryl methyl sites for hydroxylation is 1. The van der Waals surface area contributed by atoms with Crippen molar-refractivity contribution in [3.63, 3.8) is 0 Å². The van der Waals surface area contributed by atoms with Gasteiger partial charge >= 0.3 is 0 Å². The van der Waals surface area contributed by atoms with Crippen molar-refractivity contribution in [2.75, 3.05) is 0 Å². The molecule has 1 N–H and O–H groups in total. The van der Waals surface area contributed by atoms with Crippen molar-refractivity contribution in [3.8, 4) is 5.75 Å². The number of ether oxygens (including phenoxy) is 1. The Hall–Kier alpha value is -1.88. The molecule has 2 atom stereocenters. The van der Waals surface area contributed by atoms with Crippen LogP contribution in [-0.2, 0) is 6.54 Å². The van der Waals surface area contributed by atoms with Crippen molar-refractivity contribution >= 4 is 0 Å². The Kier molecular flexibility index (Phi) is 3.44. The highest BCUT2D eigenvalue weighted by Crippen LogP contribution is 2.40. The van der Waals surface area contributed by atoms with Crippen LogP contribution in [0.4, 0.5) is 4.39 Å². The van der Waals surface area contributed by atoms with E-state index in [-0.39, 0.29) is 11.9 Å². The van der Waals surface area contributed by atoms with Gasteiger partial charge in [0, 0.05) is 24.6 Å². The first-order chi connectivity index (χ1) is 9.69. The summed E-state index contributed by atoms with van der Waals surface area (Å²) in [6.07, 6.45) is 4.01. The standard InChI is InChI=1S/C15H17FN2O2/c1-2-5-18-9-17-8-12(18)15-7-13(19)11-4-3-10(16)6-14(11)20-15/h3-4,6,8-9,13,15,19H,2,5,7H2,1H3.